The van der Waals surface area contributed by atoms with E-state index in [1.807, 2.05) is 34.8 Å². The van der Waals surface area contributed by atoms with Crippen molar-refractivity contribution in [3.8, 4) is 11.3 Å². The first-order chi connectivity index (χ1) is 12.4. The van der Waals surface area contributed by atoms with Gasteiger partial charge in [0, 0.05) is 25.8 Å². The van der Waals surface area contributed by atoms with Crippen LogP contribution in [0.4, 0.5) is 11.6 Å². The first kappa shape index (κ1) is 14.2. The maximum Gasteiger partial charge on any atom is 0.247 e. The molecule has 0 spiro atoms. The first-order valence-electron chi connectivity index (χ1n) is 8.37. The fraction of sp³-hybridized carbons (Fsp3) is 0.100. The molecule has 3 heterocycles. The fourth-order valence-corrected chi connectivity index (χ4v) is 3.29. The second-order valence-corrected chi connectivity index (χ2v) is 6.19. The van der Waals surface area contributed by atoms with Gasteiger partial charge in [-0.3, -0.25) is 0 Å². The number of pyridine rings is 1. The Morgan fingerprint density at radius 1 is 0.920 bits per heavy atom. The Hall–Kier alpha value is -3.18. The van der Waals surface area contributed by atoms with Gasteiger partial charge in [-0.15, -0.1) is 5.10 Å². The number of benzene rings is 2. The summed E-state index contributed by atoms with van der Waals surface area (Å²) >= 11 is 0. The van der Waals surface area contributed by atoms with Crippen LogP contribution in [0.2, 0.25) is 0 Å². The summed E-state index contributed by atoms with van der Waals surface area (Å²) < 4.78 is 1.88. The van der Waals surface area contributed by atoms with Gasteiger partial charge >= 0.3 is 0 Å². The quantitative estimate of drug-likeness (QED) is 0.597. The second-order valence-electron chi connectivity index (χ2n) is 6.19. The van der Waals surface area contributed by atoms with Crippen LogP contribution in [0, 0.1) is 0 Å². The molecule has 0 amide bonds. The molecule has 4 aromatic rings. The van der Waals surface area contributed by atoms with Crippen LogP contribution in [-0.4, -0.2) is 14.6 Å². The normalized spacial score (nSPS) is 13.1. The Labute approximate surface area is 146 Å². The predicted molar refractivity (Wildman–Crippen MR) is 101 cm³/mol. The summed E-state index contributed by atoms with van der Waals surface area (Å²) in [6, 6.07) is 22.7. The Morgan fingerprint density at radius 3 is 2.72 bits per heavy atom. The Kier molecular flexibility index (Phi) is 3.24. The van der Waals surface area contributed by atoms with Crippen molar-refractivity contribution in [3.05, 3.63) is 77.9 Å². The minimum absolute atomic E-state index is 0. The average molecular weight is 329 g/mol. The molecule has 25 heavy (non-hydrogen) atoms. The number of nitrogens with one attached hydrogen (secondary N) is 2. The van der Waals surface area contributed by atoms with Crippen LogP contribution in [0.25, 0.3) is 16.9 Å². The molecular weight excluding hydrogens is 310 g/mol. The zero-order valence-corrected chi connectivity index (χ0v) is 13.6. The molecule has 2 aromatic heterocycles. The van der Waals surface area contributed by atoms with Gasteiger partial charge in [0.1, 0.15) is 0 Å². The summed E-state index contributed by atoms with van der Waals surface area (Å²) in [6.45, 7) is 1.87. The van der Waals surface area contributed by atoms with Crippen LogP contribution in [0.15, 0.2) is 66.7 Å². The van der Waals surface area contributed by atoms with Crippen molar-refractivity contribution >= 4 is 17.3 Å². The SMILES string of the molecule is [HH].c1ccc(-c2cccc3nc(Nc4ccc5c(c4)CNC5)nn23)cc1. The molecule has 5 rings (SSSR count). The second kappa shape index (κ2) is 5.72. The number of aromatic nitrogens is 3. The Morgan fingerprint density at radius 2 is 1.80 bits per heavy atom. The molecule has 0 fully saturated rings. The summed E-state index contributed by atoms with van der Waals surface area (Å²) in [6.07, 6.45) is 0. The zero-order valence-electron chi connectivity index (χ0n) is 13.6. The lowest BCUT2D eigenvalue weighted by atomic mass is 10.1. The molecular formula is C20H19N5. The van der Waals surface area contributed by atoms with E-state index < -0.39 is 0 Å². The lowest BCUT2D eigenvalue weighted by molar-refractivity contribution is 0.765. The average Bonchev–Trinajstić information content (AvgIpc) is 3.27. The number of hydrogen-bond acceptors (Lipinski definition) is 4. The number of rotatable bonds is 3. The third kappa shape index (κ3) is 2.55. The highest BCUT2D eigenvalue weighted by Crippen LogP contribution is 2.24. The molecule has 0 saturated heterocycles. The van der Waals surface area contributed by atoms with E-state index in [4.69, 9.17) is 0 Å². The van der Waals surface area contributed by atoms with Crippen LogP contribution in [-0.2, 0) is 13.1 Å². The van der Waals surface area contributed by atoms with Crippen LogP contribution in [0.5, 0.6) is 0 Å². The zero-order chi connectivity index (χ0) is 16.6. The lowest BCUT2D eigenvalue weighted by Gasteiger charge is -2.04. The Balaban J connectivity index is 0.00000168. The van der Waals surface area contributed by atoms with Crippen molar-refractivity contribution in [3.63, 3.8) is 0 Å². The molecule has 124 valence electrons. The van der Waals surface area contributed by atoms with Crippen molar-refractivity contribution in [2.24, 2.45) is 0 Å². The van der Waals surface area contributed by atoms with Crippen molar-refractivity contribution in [1.82, 2.24) is 19.9 Å². The minimum Gasteiger partial charge on any atom is -0.323 e. The monoisotopic (exact) mass is 329 g/mol. The molecule has 5 nitrogen and oxygen atoms in total. The molecule has 0 radical (unpaired) electrons. The van der Waals surface area contributed by atoms with Gasteiger partial charge < -0.3 is 10.6 Å². The third-order valence-corrected chi connectivity index (χ3v) is 4.52. The molecule has 2 N–H and O–H groups in total. The van der Waals surface area contributed by atoms with E-state index in [2.05, 4.69) is 57.1 Å². The van der Waals surface area contributed by atoms with Crippen LogP contribution < -0.4 is 10.6 Å². The van der Waals surface area contributed by atoms with E-state index in [1.54, 1.807) is 0 Å². The van der Waals surface area contributed by atoms with Gasteiger partial charge in [0.05, 0.1) is 5.69 Å². The summed E-state index contributed by atoms with van der Waals surface area (Å²) in [7, 11) is 0. The number of nitrogens with zero attached hydrogens (tertiary/aromatic N) is 3. The van der Waals surface area contributed by atoms with E-state index in [0.717, 1.165) is 35.7 Å². The predicted octanol–water partition coefficient (Wildman–Crippen LogP) is 3.99. The van der Waals surface area contributed by atoms with Crippen molar-refractivity contribution in [1.29, 1.82) is 0 Å². The highest BCUT2D eigenvalue weighted by Gasteiger charge is 2.12. The first-order valence-corrected chi connectivity index (χ1v) is 8.37. The van der Waals surface area contributed by atoms with Gasteiger partial charge in [-0.1, -0.05) is 42.5 Å². The molecule has 0 aliphatic carbocycles. The molecule has 0 bridgehead atoms. The van der Waals surface area contributed by atoms with Crippen LogP contribution in [0.3, 0.4) is 0 Å². The summed E-state index contributed by atoms with van der Waals surface area (Å²) in [5.41, 5.74) is 6.68. The highest BCUT2D eigenvalue weighted by molar-refractivity contribution is 5.65. The highest BCUT2D eigenvalue weighted by atomic mass is 15.4. The Bertz CT molecular complexity index is 1060. The van der Waals surface area contributed by atoms with Gasteiger partial charge in [-0.25, -0.2) is 4.52 Å². The summed E-state index contributed by atoms with van der Waals surface area (Å²) in [5, 5.41) is 11.4. The molecule has 0 unspecified atom stereocenters. The van der Waals surface area contributed by atoms with Gasteiger partial charge in [0.25, 0.3) is 0 Å². The standard InChI is InChI=1S/C20H17N5.H2/c1-2-5-14(6-3-1)18-7-4-8-19-23-20(24-25(18)19)22-17-10-9-15-12-21-13-16(15)11-17;/h1-11,21H,12-13H2,(H,22,24);1H. The topological polar surface area (TPSA) is 54.2 Å². The molecule has 1 aliphatic heterocycles. The van der Waals surface area contributed by atoms with Crippen molar-refractivity contribution < 1.29 is 1.43 Å². The molecule has 1 aliphatic rings. The molecule has 5 heteroatoms. The largest absolute Gasteiger partial charge is 0.323 e. The maximum atomic E-state index is 4.66. The lowest BCUT2D eigenvalue weighted by Crippen LogP contribution is -1.99. The van der Waals surface area contributed by atoms with E-state index >= 15 is 0 Å². The molecule has 2 aromatic carbocycles. The minimum atomic E-state index is 0. The van der Waals surface area contributed by atoms with E-state index in [0.29, 0.717) is 5.95 Å². The van der Waals surface area contributed by atoms with Crippen molar-refractivity contribution in [2.45, 2.75) is 13.1 Å². The maximum absolute atomic E-state index is 4.66. The van der Waals surface area contributed by atoms with Gasteiger partial charge in [0.15, 0.2) is 5.65 Å². The van der Waals surface area contributed by atoms with Gasteiger partial charge in [0.2, 0.25) is 5.95 Å². The van der Waals surface area contributed by atoms with Crippen LogP contribution >= 0.6 is 0 Å². The van der Waals surface area contributed by atoms with E-state index in [9.17, 15) is 0 Å². The van der Waals surface area contributed by atoms with E-state index in [1.165, 1.54) is 11.1 Å². The molecule has 0 saturated carbocycles. The van der Waals surface area contributed by atoms with Gasteiger partial charge in [-0.05, 0) is 35.4 Å². The number of fused-ring (bicyclic) bond motifs is 2. The van der Waals surface area contributed by atoms with Crippen molar-refractivity contribution in [2.75, 3.05) is 5.32 Å². The summed E-state index contributed by atoms with van der Waals surface area (Å²) in [5.74, 6) is 0.606. The van der Waals surface area contributed by atoms with Gasteiger partial charge in [-0.2, -0.15) is 4.98 Å². The number of anilines is 2. The summed E-state index contributed by atoms with van der Waals surface area (Å²) in [4.78, 5) is 4.61. The molecule has 0 atom stereocenters. The third-order valence-electron chi connectivity index (χ3n) is 4.52. The smallest absolute Gasteiger partial charge is 0.247 e. The van der Waals surface area contributed by atoms with E-state index in [-0.39, 0.29) is 1.43 Å². The number of hydrogen-bond donors (Lipinski definition) is 2. The van der Waals surface area contributed by atoms with Crippen LogP contribution in [0.1, 0.15) is 12.6 Å². The fourth-order valence-electron chi connectivity index (χ4n) is 3.29.